The SMILES string of the molecule is Cc1nn(C)c(C)c1C(=O)Nc1cccc(S(=O)(=O)N2CCCCC2)c1. The second kappa shape index (κ2) is 7.20. The average Bonchev–Trinajstić information content (AvgIpc) is 2.88. The third-order valence-electron chi connectivity index (χ3n) is 4.78. The highest BCUT2D eigenvalue weighted by atomic mass is 32.2. The fourth-order valence-corrected chi connectivity index (χ4v) is 4.85. The number of rotatable bonds is 4. The van der Waals surface area contributed by atoms with Crippen LogP contribution < -0.4 is 5.32 Å². The molecule has 1 aliphatic heterocycles. The molecule has 0 saturated carbocycles. The van der Waals surface area contributed by atoms with Crippen LogP contribution in [0.3, 0.4) is 0 Å². The lowest BCUT2D eigenvalue weighted by Gasteiger charge is -2.26. The van der Waals surface area contributed by atoms with Gasteiger partial charge in [0.1, 0.15) is 0 Å². The molecule has 2 aromatic rings. The summed E-state index contributed by atoms with van der Waals surface area (Å²) < 4.78 is 28.8. The zero-order chi connectivity index (χ0) is 18.9. The molecule has 2 heterocycles. The molecule has 1 amide bonds. The highest BCUT2D eigenvalue weighted by Gasteiger charge is 2.26. The second-order valence-electron chi connectivity index (χ2n) is 6.62. The molecular weight excluding hydrogens is 352 g/mol. The molecular formula is C18H24N4O3S. The second-order valence-corrected chi connectivity index (χ2v) is 8.55. The number of carbonyl (C=O) groups excluding carboxylic acids is 1. The number of piperidine rings is 1. The number of aryl methyl sites for hydroxylation is 2. The first-order valence-corrected chi connectivity index (χ1v) is 10.2. The van der Waals surface area contributed by atoms with Crippen LogP contribution in [-0.2, 0) is 17.1 Å². The minimum Gasteiger partial charge on any atom is -0.322 e. The summed E-state index contributed by atoms with van der Waals surface area (Å²) >= 11 is 0. The van der Waals surface area contributed by atoms with Gasteiger partial charge in [0.05, 0.1) is 16.2 Å². The predicted octanol–water partition coefficient (Wildman–Crippen LogP) is 2.46. The summed E-state index contributed by atoms with van der Waals surface area (Å²) in [5, 5.41) is 7.04. The first kappa shape index (κ1) is 18.6. The largest absolute Gasteiger partial charge is 0.322 e. The summed E-state index contributed by atoms with van der Waals surface area (Å²) in [4.78, 5) is 12.8. The number of nitrogens with one attached hydrogen (secondary N) is 1. The van der Waals surface area contributed by atoms with E-state index in [1.165, 1.54) is 10.4 Å². The molecule has 1 aromatic carbocycles. The summed E-state index contributed by atoms with van der Waals surface area (Å²) in [6, 6.07) is 6.42. The van der Waals surface area contributed by atoms with Gasteiger partial charge in [0.2, 0.25) is 10.0 Å². The van der Waals surface area contributed by atoms with Crippen molar-refractivity contribution in [3.8, 4) is 0 Å². The number of benzene rings is 1. The monoisotopic (exact) mass is 376 g/mol. The van der Waals surface area contributed by atoms with Crippen LogP contribution in [0.4, 0.5) is 5.69 Å². The van der Waals surface area contributed by atoms with Crippen molar-refractivity contribution in [1.82, 2.24) is 14.1 Å². The zero-order valence-corrected chi connectivity index (χ0v) is 16.1. The minimum absolute atomic E-state index is 0.205. The van der Waals surface area contributed by atoms with E-state index in [1.807, 2.05) is 6.92 Å². The Morgan fingerprint density at radius 1 is 1.15 bits per heavy atom. The highest BCUT2D eigenvalue weighted by Crippen LogP contribution is 2.23. The standard InChI is InChI=1S/C18H24N4O3S/c1-13-17(14(2)21(3)20-13)18(23)19-15-8-7-9-16(12-15)26(24,25)22-10-5-4-6-11-22/h7-9,12H,4-6,10-11H2,1-3H3,(H,19,23). The predicted molar refractivity (Wildman–Crippen MR) is 99.7 cm³/mol. The van der Waals surface area contributed by atoms with Crippen LogP contribution in [0.15, 0.2) is 29.2 Å². The van der Waals surface area contributed by atoms with E-state index < -0.39 is 10.0 Å². The number of amides is 1. The smallest absolute Gasteiger partial charge is 0.259 e. The van der Waals surface area contributed by atoms with Crippen LogP contribution in [0.2, 0.25) is 0 Å². The van der Waals surface area contributed by atoms with E-state index in [0.29, 0.717) is 30.0 Å². The quantitative estimate of drug-likeness (QED) is 0.888. The van der Waals surface area contributed by atoms with Crippen LogP contribution in [-0.4, -0.2) is 41.5 Å². The van der Waals surface area contributed by atoms with Crippen molar-refractivity contribution < 1.29 is 13.2 Å². The number of aromatic nitrogens is 2. The molecule has 26 heavy (non-hydrogen) atoms. The Hall–Kier alpha value is -2.19. The summed E-state index contributed by atoms with van der Waals surface area (Å²) in [7, 11) is -1.75. The van der Waals surface area contributed by atoms with E-state index in [9.17, 15) is 13.2 Å². The summed E-state index contributed by atoms with van der Waals surface area (Å²) in [6.45, 7) is 4.70. The van der Waals surface area contributed by atoms with E-state index in [4.69, 9.17) is 0 Å². The van der Waals surface area contributed by atoms with Crippen LogP contribution >= 0.6 is 0 Å². The third kappa shape index (κ3) is 3.52. The van der Waals surface area contributed by atoms with E-state index in [2.05, 4.69) is 10.4 Å². The van der Waals surface area contributed by atoms with Gasteiger partial charge in [-0.25, -0.2) is 8.42 Å². The van der Waals surface area contributed by atoms with Gasteiger partial charge in [0, 0.05) is 31.5 Å². The van der Waals surface area contributed by atoms with Crippen molar-refractivity contribution in [2.45, 2.75) is 38.0 Å². The summed E-state index contributed by atoms with van der Waals surface area (Å²) in [5.41, 5.74) is 2.37. The van der Waals surface area contributed by atoms with E-state index in [1.54, 1.807) is 36.9 Å². The lowest BCUT2D eigenvalue weighted by Crippen LogP contribution is -2.35. The third-order valence-corrected chi connectivity index (χ3v) is 6.68. The van der Waals surface area contributed by atoms with Crippen molar-refractivity contribution in [3.63, 3.8) is 0 Å². The number of nitrogens with zero attached hydrogens (tertiary/aromatic N) is 3. The van der Waals surface area contributed by atoms with Gasteiger partial charge in [0.15, 0.2) is 0 Å². The first-order chi connectivity index (χ1) is 12.3. The molecule has 1 aliphatic rings. The Bertz CT molecular complexity index is 928. The molecule has 1 aromatic heterocycles. The van der Waals surface area contributed by atoms with Gasteiger partial charge in [-0.1, -0.05) is 12.5 Å². The zero-order valence-electron chi connectivity index (χ0n) is 15.3. The topological polar surface area (TPSA) is 84.3 Å². The molecule has 8 heteroatoms. The number of sulfonamides is 1. The molecule has 140 valence electrons. The summed E-state index contributed by atoms with van der Waals surface area (Å²) in [5.74, 6) is -0.291. The molecule has 0 bridgehead atoms. The summed E-state index contributed by atoms with van der Waals surface area (Å²) in [6.07, 6.45) is 2.83. The number of anilines is 1. The van der Waals surface area contributed by atoms with Crippen LogP contribution in [0.5, 0.6) is 0 Å². The highest BCUT2D eigenvalue weighted by molar-refractivity contribution is 7.89. The number of hydrogen-bond acceptors (Lipinski definition) is 4. The van der Waals surface area contributed by atoms with E-state index in [-0.39, 0.29) is 10.8 Å². The Morgan fingerprint density at radius 3 is 2.46 bits per heavy atom. The molecule has 1 N–H and O–H groups in total. The van der Waals surface area contributed by atoms with Crippen LogP contribution in [0.25, 0.3) is 0 Å². The Labute approximate surface area is 154 Å². The fourth-order valence-electron chi connectivity index (χ4n) is 3.28. The normalized spacial score (nSPS) is 15.8. The molecule has 0 radical (unpaired) electrons. The molecule has 1 saturated heterocycles. The van der Waals surface area contributed by atoms with Gasteiger partial charge < -0.3 is 5.32 Å². The molecule has 3 rings (SSSR count). The average molecular weight is 376 g/mol. The van der Waals surface area contributed by atoms with Crippen LogP contribution in [0, 0.1) is 13.8 Å². The Balaban J connectivity index is 1.84. The maximum atomic E-state index is 12.8. The molecule has 0 spiro atoms. The molecule has 0 aliphatic carbocycles. The van der Waals surface area contributed by atoms with Crippen molar-refractivity contribution >= 4 is 21.6 Å². The Morgan fingerprint density at radius 2 is 1.85 bits per heavy atom. The molecule has 0 unspecified atom stereocenters. The lowest BCUT2D eigenvalue weighted by molar-refractivity contribution is 0.102. The van der Waals surface area contributed by atoms with Gasteiger partial charge in [-0.15, -0.1) is 0 Å². The lowest BCUT2D eigenvalue weighted by atomic mass is 10.2. The van der Waals surface area contributed by atoms with Crippen molar-refractivity contribution in [2.24, 2.45) is 7.05 Å². The molecule has 7 nitrogen and oxygen atoms in total. The Kier molecular flexibility index (Phi) is 5.15. The minimum atomic E-state index is -3.53. The van der Waals surface area contributed by atoms with Gasteiger partial charge in [-0.05, 0) is 44.9 Å². The van der Waals surface area contributed by atoms with Crippen molar-refractivity contribution in [1.29, 1.82) is 0 Å². The maximum absolute atomic E-state index is 12.8. The van der Waals surface area contributed by atoms with Crippen molar-refractivity contribution in [3.05, 3.63) is 41.2 Å². The fraction of sp³-hybridized carbons (Fsp3) is 0.444. The van der Waals surface area contributed by atoms with Gasteiger partial charge in [-0.3, -0.25) is 9.48 Å². The van der Waals surface area contributed by atoms with Gasteiger partial charge in [-0.2, -0.15) is 9.40 Å². The van der Waals surface area contributed by atoms with E-state index >= 15 is 0 Å². The van der Waals surface area contributed by atoms with Crippen LogP contribution in [0.1, 0.15) is 41.0 Å². The van der Waals surface area contributed by atoms with Gasteiger partial charge in [0.25, 0.3) is 5.91 Å². The number of hydrogen-bond donors (Lipinski definition) is 1. The molecule has 0 atom stereocenters. The molecule has 1 fully saturated rings. The first-order valence-electron chi connectivity index (χ1n) is 8.72. The number of carbonyl (C=O) groups is 1. The van der Waals surface area contributed by atoms with Gasteiger partial charge >= 0.3 is 0 Å². The van der Waals surface area contributed by atoms with Crippen molar-refractivity contribution in [2.75, 3.05) is 18.4 Å². The maximum Gasteiger partial charge on any atom is 0.259 e. The van der Waals surface area contributed by atoms with E-state index in [0.717, 1.165) is 25.0 Å².